The van der Waals surface area contributed by atoms with Crippen LogP contribution in [0.3, 0.4) is 0 Å². The molecule has 2 heterocycles. The van der Waals surface area contributed by atoms with Crippen molar-refractivity contribution in [2.45, 2.75) is 64.1 Å². The van der Waals surface area contributed by atoms with E-state index in [1.807, 2.05) is 11.3 Å². The van der Waals surface area contributed by atoms with Crippen LogP contribution < -0.4 is 5.32 Å². The maximum atomic E-state index is 3.92. The molecule has 112 valence electrons. The first-order chi connectivity index (χ1) is 9.62. The van der Waals surface area contributed by atoms with Crippen molar-refractivity contribution < 1.29 is 0 Å². The third kappa shape index (κ3) is 2.56. The highest BCUT2D eigenvalue weighted by Gasteiger charge is 2.49. The molecular formula is C17H28N2S. The smallest absolute Gasteiger partial charge is 0.0333 e. The number of thiophene rings is 1. The average Bonchev–Trinajstić information content (AvgIpc) is 3.20. The van der Waals surface area contributed by atoms with E-state index in [-0.39, 0.29) is 0 Å². The molecule has 20 heavy (non-hydrogen) atoms. The van der Waals surface area contributed by atoms with Crippen molar-refractivity contribution in [1.29, 1.82) is 0 Å². The van der Waals surface area contributed by atoms with Gasteiger partial charge in [-0.25, -0.2) is 0 Å². The van der Waals surface area contributed by atoms with Gasteiger partial charge in [0.25, 0.3) is 0 Å². The summed E-state index contributed by atoms with van der Waals surface area (Å²) in [5.41, 5.74) is 2.17. The predicted molar refractivity (Wildman–Crippen MR) is 87.2 cm³/mol. The Kier molecular flexibility index (Phi) is 3.95. The maximum Gasteiger partial charge on any atom is 0.0333 e. The lowest BCUT2D eigenvalue weighted by molar-refractivity contribution is -0.00962. The molecule has 1 atom stereocenters. The van der Waals surface area contributed by atoms with E-state index in [2.05, 4.69) is 47.8 Å². The van der Waals surface area contributed by atoms with Crippen LogP contribution in [-0.4, -0.2) is 29.1 Å². The van der Waals surface area contributed by atoms with E-state index in [0.29, 0.717) is 11.1 Å². The van der Waals surface area contributed by atoms with Crippen LogP contribution in [-0.2, 0) is 6.54 Å². The molecule has 3 rings (SSSR count). The van der Waals surface area contributed by atoms with Crippen molar-refractivity contribution in [1.82, 2.24) is 10.2 Å². The summed E-state index contributed by atoms with van der Waals surface area (Å²) in [6.45, 7) is 10.6. The molecule has 0 spiro atoms. The van der Waals surface area contributed by atoms with Crippen molar-refractivity contribution in [3.8, 4) is 0 Å². The number of nitrogens with zero attached hydrogens (tertiary/aromatic N) is 1. The molecular weight excluding hydrogens is 264 g/mol. The lowest BCUT2D eigenvalue weighted by Gasteiger charge is -2.54. The van der Waals surface area contributed by atoms with Gasteiger partial charge in [-0.1, -0.05) is 13.8 Å². The maximum absolute atomic E-state index is 3.92. The Morgan fingerprint density at radius 2 is 2.10 bits per heavy atom. The minimum atomic E-state index is 0.337. The van der Waals surface area contributed by atoms with Crippen molar-refractivity contribution in [2.75, 3.05) is 13.1 Å². The van der Waals surface area contributed by atoms with Gasteiger partial charge >= 0.3 is 0 Å². The van der Waals surface area contributed by atoms with Crippen molar-refractivity contribution in [3.05, 3.63) is 22.4 Å². The fourth-order valence-electron chi connectivity index (χ4n) is 3.87. The molecule has 0 radical (unpaired) electrons. The minimum Gasteiger partial charge on any atom is -0.308 e. The second-order valence-electron chi connectivity index (χ2n) is 6.96. The first-order valence-corrected chi connectivity index (χ1v) is 9.07. The second kappa shape index (κ2) is 5.43. The summed E-state index contributed by atoms with van der Waals surface area (Å²) in [5.74, 6) is 0.902. The molecule has 1 saturated heterocycles. The first kappa shape index (κ1) is 14.6. The Hall–Kier alpha value is -0.380. The van der Waals surface area contributed by atoms with E-state index in [9.17, 15) is 0 Å². The van der Waals surface area contributed by atoms with E-state index >= 15 is 0 Å². The molecule has 0 amide bonds. The molecule has 0 aromatic carbocycles. The lowest BCUT2D eigenvalue weighted by Crippen LogP contribution is -2.69. The number of rotatable bonds is 5. The molecule has 1 aromatic heterocycles. The predicted octanol–water partition coefficient (Wildman–Crippen LogP) is 3.88. The third-order valence-electron chi connectivity index (χ3n) is 5.76. The summed E-state index contributed by atoms with van der Waals surface area (Å²) < 4.78 is 0. The molecule has 2 fully saturated rings. The molecule has 1 aliphatic carbocycles. The van der Waals surface area contributed by atoms with Gasteiger partial charge in [0.05, 0.1) is 0 Å². The fraction of sp³-hybridized carbons (Fsp3) is 0.765. The Balaban J connectivity index is 1.81. The summed E-state index contributed by atoms with van der Waals surface area (Å²) >= 11 is 1.82. The summed E-state index contributed by atoms with van der Waals surface area (Å²) in [5, 5.41) is 8.44. The van der Waals surface area contributed by atoms with Crippen molar-refractivity contribution in [2.24, 2.45) is 5.92 Å². The normalized spacial score (nSPS) is 30.6. The van der Waals surface area contributed by atoms with Crippen LogP contribution in [0.15, 0.2) is 16.8 Å². The highest BCUT2D eigenvalue weighted by Crippen LogP contribution is 2.44. The van der Waals surface area contributed by atoms with Gasteiger partial charge in [-0.2, -0.15) is 11.3 Å². The van der Waals surface area contributed by atoms with Crippen molar-refractivity contribution >= 4 is 11.3 Å². The minimum absolute atomic E-state index is 0.337. The van der Waals surface area contributed by atoms with Gasteiger partial charge < -0.3 is 5.32 Å². The largest absolute Gasteiger partial charge is 0.308 e. The Morgan fingerprint density at radius 3 is 2.65 bits per heavy atom. The van der Waals surface area contributed by atoms with Crippen LogP contribution in [0.4, 0.5) is 0 Å². The zero-order chi connectivity index (χ0) is 14.2. The van der Waals surface area contributed by atoms with Crippen LogP contribution in [0, 0.1) is 5.92 Å². The molecule has 1 saturated carbocycles. The molecule has 1 unspecified atom stereocenters. The van der Waals surface area contributed by atoms with E-state index in [1.54, 1.807) is 0 Å². The SMILES string of the molecule is CCC1(CC)CNC(C)(C2CC2)CN1Cc1ccsc1. The zero-order valence-corrected chi connectivity index (χ0v) is 13.9. The topological polar surface area (TPSA) is 15.3 Å². The van der Waals surface area contributed by atoms with Gasteiger partial charge in [0.2, 0.25) is 0 Å². The van der Waals surface area contributed by atoms with Crippen molar-refractivity contribution in [3.63, 3.8) is 0 Å². The van der Waals surface area contributed by atoms with Crippen LogP contribution in [0.25, 0.3) is 0 Å². The van der Waals surface area contributed by atoms with Gasteiger partial charge in [-0.05, 0) is 60.9 Å². The fourth-order valence-corrected chi connectivity index (χ4v) is 4.53. The Morgan fingerprint density at radius 1 is 1.35 bits per heavy atom. The van der Waals surface area contributed by atoms with Crippen LogP contribution in [0.5, 0.6) is 0 Å². The Bertz CT molecular complexity index is 434. The summed E-state index contributed by atoms with van der Waals surface area (Å²) in [7, 11) is 0. The second-order valence-corrected chi connectivity index (χ2v) is 7.74. The summed E-state index contributed by atoms with van der Waals surface area (Å²) in [4.78, 5) is 2.78. The molecule has 1 N–H and O–H groups in total. The molecule has 1 aromatic rings. The number of nitrogens with one attached hydrogen (secondary N) is 1. The quantitative estimate of drug-likeness (QED) is 0.886. The van der Waals surface area contributed by atoms with Crippen LogP contribution >= 0.6 is 11.3 Å². The van der Waals surface area contributed by atoms with Gasteiger partial charge in [-0.15, -0.1) is 0 Å². The lowest BCUT2D eigenvalue weighted by atomic mass is 9.81. The number of hydrogen-bond donors (Lipinski definition) is 1. The first-order valence-electron chi connectivity index (χ1n) is 8.13. The standard InChI is InChI=1S/C17H28N2S/c1-4-17(5-2)12-18-16(3,15-6-7-15)13-19(17)10-14-8-9-20-11-14/h8-9,11,15,18H,4-7,10,12-13H2,1-3H3. The van der Waals surface area contributed by atoms with Gasteiger partial charge in [0.15, 0.2) is 0 Å². The Labute approximate surface area is 127 Å². The van der Waals surface area contributed by atoms with E-state index in [0.717, 1.165) is 19.0 Å². The van der Waals surface area contributed by atoms with Gasteiger partial charge in [-0.3, -0.25) is 4.90 Å². The van der Waals surface area contributed by atoms with Crippen LogP contribution in [0.2, 0.25) is 0 Å². The molecule has 1 aliphatic heterocycles. The van der Waals surface area contributed by atoms with E-state index < -0.39 is 0 Å². The van der Waals surface area contributed by atoms with Gasteiger partial charge in [0, 0.05) is 30.7 Å². The average molecular weight is 292 g/mol. The third-order valence-corrected chi connectivity index (χ3v) is 6.49. The number of hydrogen-bond acceptors (Lipinski definition) is 3. The highest BCUT2D eigenvalue weighted by molar-refractivity contribution is 7.07. The highest BCUT2D eigenvalue weighted by atomic mass is 32.1. The molecule has 2 aliphatic rings. The van der Waals surface area contributed by atoms with E-state index in [4.69, 9.17) is 0 Å². The zero-order valence-electron chi connectivity index (χ0n) is 13.1. The monoisotopic (exact) mass is 292 g/mol. The molecule has 3 heteroatoms. The van der Waals surface area contributed by atoms with Crippen LogP contribution in [0.1, 0.15) is 52.0 Å². The summed E-state index contributed by atoms with van der Waals surface area (Å²) in [6.07, 6.45) is 5.31. The molecule has 2 nitrogen and oxygen atoms in total. The van der Waals surface area contributed by atoms with E-state index in [1.165, 1.54) is 37.8 Å². The molecule has 0 bridgehead atoms. The summed E-state index contributed by atoms with van der Waals surface area (Å²) in [6, 6.07) is 2.29. The number of piperazine rings is 1. The van der Waals surface area contributed by atoms with Gasteiger partial charge in [0.1, 0.15) is 0 Å².